The average Bonchev–Trinajstić information content (AvgIpc) is 3.01. The topological polar surface area (TPSA) is 100 Å². The number of amidine groups is 1. The summed E-state index contributed by atoms with van der Waals surface area (Å²) in [6.45, 7) is 0.0830. The molecule has 0 spiro atoms. The van der Waals surface area contributed by atoms with Crippen LogP contribution in [0.25, 0.3) is 0 Å². The lowest BCUT2D eigenvalue weighted by molar-refractivity contribution is -0.137. The Morgan fingerprint density at radius 1 is 0.864 bits per heavy atom. The van der Waals surface area contributed by atoms with Crippen molar-refractivity contribution in [2.45, 2.75) is 23.4 Å². The Labute approximate surface area is 249 Å². The number of hydrazone groups is 1. The second-order valence-electron chi connectivity index (χ2n) is 9.73. The monoisotopic (exact) mass is 625 g/mol. The highest BCUT2D eigenvalue weighted by atomic mass is 32.2. The van der Waals surface area contributed by atoms with Crippen LogP contribution >= 0.6 is 0 Å². The van der Waals surface area contributed by atoms with E-state index in [1.807, 2.05) is 30.3 Å². The van der Waals surface area contributed by atoms with Gasteiger partial charge >= 0.3 is 6.18 Å². The number of nitrogens with zero attached hydrogens (tertiary/aromatic N) is 4. The molecule has 1 unspecified atom stereocenters. The molecule has 0 saturated carbocycles. The van der Waals surface area contributed by atoms with Crippen molar-refractivity contribution in [1.82, 2.24) is 5.01 Å². The van der Waals surface area contributed by atoms with Crippen molar-refractivity contribution in [3.8, 4) is 0 Å². The number of hydrogen-bond acceptors (Lipinski definition) is 3. The number of hydrogen-bond donors (Lipinski definition) is 1. The van der Waals surface area contributed by atoms with Crippen LogP contribution in [-0.2, 0) is 16.2 Å². The quantitative estimate of drug-likeness (QED) is 0.159. The van der Waals surface area contributed by atoms with E-state index in [1.165, 1.54) is 47.5 Å². The van der Waals surface area contributed by atoms with Crippen LogP contribution in [-0.4, -0.2) is 37.5 Å². The minimum absolute atomic E-state index is 0.0830. The molecule has 13 heteroatoms. The van der Waals surface area contributed by atoms with Crippen molar-refractivity contribution >= 4 is 27.5 Å². The van der Waals surface area contributed by atoms with E-state index in [0.29, 0.717) is 29.8 Å². The number of guanidine groups is 1. The highest BCUT2D eigenvalue weighted by Gasteiger charge is 2.32. The van der Waals surface area contributed by atoms with Gasteiger partial charge in [0.05, 0.1) is 21.7 Å². The molecule has 1 aliphatic heterocycles. The Bertz CT molecular complexity index is 1840. The van der Waals surface area contributed by atoms with Crippen molar-refractivity contribution in [2.75, 3.05) is 6.54 Å². The van der Waals surface area contributed by atoms with Crippen LogP contribution in [0.1, 0.15) is 34.6 Å². The van der Waals surface area contributed by atoms with Crippen molar-refractivity contribution in [2.24, 2.45) is 20.2 Å². The third kappa shape index (κ3) is 6.83. The zero-order valence-electron chi connectivity index (χ0n) is 22.8. The summed E-state index contributed by atoms with van der Waals surface area (Å²) in [5.41, 5.74) is 6.82. The van der Waals surface area contributed by atoms with Crippen LogP contribution in [0, 0.1) is 11.6 Å². The lowest BCUT2D eigenvalue weighted by Gasteiger charge is -2.30. The molecule has 0 radical (unpaired) electrons. The number of nitrogens with two attached hydrogens (primary N) is 1. The van der Waals surface area contributed by atoms with Gasteiger partial charge in [-0.05, 0) is 66.1 Å². The zero-order valence-corrected chi connectivity index (χ0v) is 23.6. The summed E-state index contributed by atoms with van der Waals surface area (Å²) >= 11 is 0. The Balaban J connectivity index is 1.65. The molecule has 4 aromatic carbocycles. The SMILES string of the molecule is N/C(=N\C(=N\S(=O)(=O)c1ccc(C(F)(F)F)cc1)N1CCC(c2ccccc2)C(c2ccc(F)cc2)=N1)c1ccccc1F. The molecule has 0 aromatic heterocycles. The number of halogens is 5. The van der Waals surface area contributed by atoms with E-state index in [9.17, 15) is 30.4 Å². The predicted octanol–water partition coefficient (Wildman–Crippen LogP) is 6.33. The van der Waals surface area contributed by atoms with Gasteiger partial charge in [0.25, 0.3) is 16.0 Å². The average molecular weight is 626 g/mol. The molecule has 5 rings (SSSR count). The van der Waals surface area contributed by atoms with Gasteiger partial charge in [0.15, 0.2) is 0 Å². The molecular weight excluding hydrogens is 601 g/mol. The van der Waals surface area contributed by atoms with E-state index >= 15 is 0 Å². The van der Waals surface area contributed by atoms with Crippen molar-refractivity contribution < 1.29 is 30.4 Å². The smallest absolute Gasteiger partial charge is 0.383 e. The van der Waals surface area contributed by atoms with Gasteiger partial charge in [-0.3, -0.25) is 0 Å². The van der Waals surface area contributed by atoms with Crippen LogP contribution < -0.4 is 5.73 Å². The minimum atomic E-state index is -4.68. The number of rotatable bonds is 5. The Morgan fingerprint density at radius 2 is 1.50 bits per heavy atom. The van der Waals surface area contributed by atoms with Crippen LogP contribution in [0.15, 0.2) is 123 Å². The maximum absolute atomic E-state index is 14.5. The summed E-state index contributed by atoms with van der Waals surface area (Å²) in [5.74, 6) is -2.43. The molecule has 4 aromatic rings. The maximum Gasteiger partial charge on any atom is 0.416 e. The van der Waals surface area contributed by atoms with Gasteiger partial charge in [-0.15, -0.1) is 4.40 Å². The summed E-state index contributed by atoms with van der Waals surface area (Å²) < 4.78 is 98.0. The zero-order chi connectivity index (χ0) is 31.5. The van der Waals surface area contributed by atoms with Gasteiger partial charge in [0.1, 0.15) is 17.5 Å². The highest BCUT2D eigenvalue weighted by Crippen LogP contribution is 2.32. The number of benzene rings is 4. The third-order valence-electron chi connectivity index (χ3n) is 6.81. The molecule has 0 amide bonds. The van der Waals surface area contributed by atoms with Crippen LogP contribution in [0.4, 0.5) is 22.0 Å². The van der Waals surface area contributed by atoms with E-state index in [2.05, 4.69) is 14.5 Å². The molecule has 1 atom stereocenters. The molecule has 7 nitrogen and oxygen atoms in total. The summed E-state index contributed by atoms with van der Waals surface area (Å²) in [6.07, 6.45) is -4.29. The summed E-state index contributed by atoms with van der Waals surface area (Å²) in [4.78, 5) is 3.61. The lowest BCUT2D eigenvalue weighted by Crippen LogP contribution is -2.36. The predicted molar refractivity (Wildman–Crippen MR) is 157 cm³/mol. The highest BCUT2D eigenvalue weighted by molar-refractivity contribution is 7.90. The molecule has 0 saturated heterocycles. The fourth-order valence-electron chi connectivity index (χ4n) is 4.61. The van der Waals surface area contributed by atoms with E-state index in [4.69, 9.17) is 5.73 Å². The lowest BCUT2D eigenvalue weighted by atomic mass is 9.86. The Hall–Kier alpha value is -4.91. The molecule has 2 N–H and O–H groups in total. The number of alkyl halides is 3. The standard InChI is InChI=1S/C31H24F5N5O2S/c32-23-14-10-21(11-15-23)28-25(20-6-2-1-3-7-20)18-19-41(39-28)30(38-29(37)26-8-4-5-9-27(26)33)40-44(42,43)24-16-12-22(13-17-24)31(34,35)36/h1-17,25H,18-19H2,(H2,37,38,40). The fourth-order valence-corrected chi connectivity index (χ4v) is 5.55. The molecule has 0 bridgehead atoms. The molecule has 0 fully saturated rings. The molecule has 226 valence electrons. The van der Waals surface area contributed by atoms with E-state index < -0.39 is 50.1 Å². The van der Waals surface area contributed by atoms with E-state index in [-0.39, 0.29) is 18.0 Å². The second-order valence-corrected chi connectivity index (χ2v) is 11.3. The van der Waals surface area contributed by atoms with Crippen LogP contribution in [0.3, 0.4) is 0 Å². The fraction of sp³-hybridized carbons (Fsp3) is 0.129. The minimum Gasteiger partial charge on any atom is -0.383 e. The first kappa shape index (κ1) is 30.5. The van der Waals surface area contributed by atoms with Gasteiger partial charge in [-0.25, -0.2) is 13.8 Å². The van der Waals surface area contributed by atoms with Gasteiger partial charge < -0.3 is 5.73 Å². The molecular formula is C31H24F5N5O2S. The summed E-state index contributed by atoms with van der Waals surface area (Å²) in [5, 5.41) is 5.83. The Morgan fingerprint density at radius 3 is 2.14 bits per heavy atom. The molecule has 1 heterocycles. The van der Waals surface area contributed by atoms with Crippen molar-refractivity contribution in [3.63, 3.8) is 0 Å². The van der Waals surface area contributed by atoms with Crippen molar-refractivity contribution in [3.05, 3.63) is 137 Å². The molecule has 44 heavy (non-hydrogen) atoms. The van der Waals surface area contributed by atoms with Crippen LogP contribution in [0.5, 0.6) is 0 Å². The van der Waals surface area contributed by atoms with Crippen LogP contribution in [0.2, 0.25) is 0 Å². The van der Waals surface area contributed by atoms with Gasteiger partial charge in [-0.1, -0.05) is 54.6 Å². The van der Waals surface area contributed by atoms with E-state index in [0.717, 1.165) is 23.8 Å². The first-order valence-electron chi connectivity index (χ1n) is 13.2. The van der Waals surface area contributed by atoms with Crippen molar-refractivity contribution in [1.29, 1.82) is 0 Å². The number of sulfonamides is 1. The van der Waals surface area contributed by atoms with Gasteiger partial charge in [0, 0.05) is 12.5 Å². The van der Waals surface area contributed by atoms with Gasteiger partial charge in [0.2, 0.25) is 0 Å². The largest absolute Gasteiger partial charge is 0.416 e. The Kier molecular flexibility index (Phi) is 8.59. The third-order valence-corrected chi connectivity index (χ3v) is 8.08. The first-order chi connectivity index (χ1) is 20.9. The summed E-state index contributed by atoms with van der Waals surface area (Å²) in [6, 6.07) is 23.2. The summed E-state index contributed by atoms with van der Waals surface area (Å²) in [7, 11) is -4.66. The maximum atomic E-state index is 14.5. The number of aliphatic imine (C=N–C) groups is 1. The van der Waals surface area contributed by atoms with E-state index in [1.54, 1.807) is 0 Å². The van der Waals surface area contributed by atoms with Gasteiger partial charge in [-0.2, -0.15) is 31.7 Å². The molecule has 0 aliphatic carbocycles. The second kappa shape index (κ2) is 12.4. The normalized spacial score (nSPS) is 16.5. The molecule has 1 aliphatic rings. The first-order valence-corrected chi connectivity index (χ1v) is 14.6.